The predicted octanol–water partition coefficient (Wildman–Crippen LogP) is 11.4. The van der Waals surface area contributed by atoms with Crippen LogP contribution in [0.5, 0.6) is 0 Å². The molecule has 0 unspecified atom stereocenters. The lowest BCUT2D eigenvalue weighted by molar-refractivity contribution is -0.138. The highest BCUT2D eigenvalue weighted by atomic mass is 19.4. The van der Waals surface area contributed by atoms with Crippen LogP contribution in [0.25, 0.3) is 77.8 Å². The molecule has 9 aromatic rings. The summed E-state index contributed by atoms with van der Waals surface area (Å²) in [6.07, 6.45) is -2.08. The summed E-state index contributed by atoms with van der Waals surface area (Å²) in [5.74, 6) is 0. The van der Waals surface area contributed by atoms with Crippen molar-refractivity contribution in [1.82, 2.24) is 29.1 Å². The van der Waals surface area contributed by atoms with E-state index in [0.717, 1.165) is 79.2 Å². The summed E-state index contributed by atoms with van der Waals surface area (Å²) in [5, 5.41) is 3.25. The van der Waals surface area contributed by atoms with Gasteiger partial charge in [0.2, 0.25) is 0 Å². The van der Waals surface area contributed by atoms with Crippen molar-refractivity contribution in [3.8, 4) is 33.6 Å². The molecule has 266 valence electrons. The molecule has 0 radical (unpaired) electrons. The molecule has 3 aromatic carbocycles. The van der Waals surface area contributed by atoms with Crippen LogP contribution in [0, 0.1) is 13.8 Å². The van der Waals surface area contributed by atoms with Gasteiger partial charge in [0.1, 0.15) is 22.6 Å². The van der Waals surface area contributed by atoms with Gasteiger partial charge in [-0.15, -0.1) is 0 Å². The SMILES string of the molecule is Cc1cc(-c2cnc3c(c2)c2cccnc2n3-c2ccc(C(F)(F)F)cc2)c(C)cc1-c1cnc2c(c1)c1cccnc1n2-c1ccc(C(F)(F)F)cc1. The second-order valence-corrected chi connectivity index (χ2v) is 13.2. The Morgan fingerprint density at radius 2 is 0.815 bits per heavy atom. The summed E-state index contributed by atoms with van der Waals surface area (Å²) >= 11 is 0. The number of halogens is 6. The van der Waals surface area contributed by atoms with Crippen LogP contribution in [0.4, 0.5) is 26.3 Å². The number of pyridine rings is 4. The van der Waals surface area contributed by atoms with Crippen molar-refractivity contribution in [1.29, 1.82) is 0 Å². The largest absolute Gasteiger partial charge is 0.416 e. The lowest BCUT2D eigenvalue weighted by Crippen LogP contribution is -2.05. The van der Waals surface area contributed by atoms with E-state index >= 15 is 0 Å². The van der Waals surface area contributed by atoms with Crippen LogP contribution >= 0.6 is 0 Å². The van der Waals surface area contributed by atoms with Gasteiger partial charge in [0, 0.05) is 68.8 Å². The van der Waals surface area contributed by atoms with Gasteiger partial charge >= 0.3 is 12.4 Å². The molecule has 0 saturated carbocycles. The Kier molecular flexibility index (Phi) is 7.39. The first kappa shape index (κ1) is 33.3. The maximum atomic E-state index is 13.3. The highest BCUT2D eigenvalue weighted by Gasteiger charge is 2.31. The minimum atomic E-state index is -4.45. The molecule has 0 aliphatic heterocycles. The van der Waals surface area contributed by atoms with Gasteiger partial charge in [-0.3, -0.25) is 9.13 Å². The molecule has 0 spiro atoms. The fraction of sp³-hybridized carbons (Fsp3) is 0.0952. The third-order valence-corrected chi connectivity index (χ3v) is 9.83. The standard InChI is InChI=1S/C42H26F6N6/c1-23-17-34(26-20-36-32-6-4-16-50-38(32)54(40(36)52-22-26)30-13-9-28(10-14-30)42(46,47)48)24(2)18-33(23)25-19-35-31-5-3-15-49-37(31)53(39(35)51-21-25)29-11-7-27(8-12-29)41(43,44)45/h3-22H,1-2H3. The van der Waals surface area contributed by atoms with Crippen molar-refractivity contribution < 1.29 is 26.3 Å². The predicted molar refractivity (Wildman–Crippen MR) is 197 cm³/mol. The van der Waals surface area contributed by atoms with E-state index in [1.54, 1.807) is 33.9 Å². The van der Waals surface area contributed by atoms with Crippen LogP contribution in [0.3, 0.4) is 0 Å². The van der Waals surface area contributed by atoms with Crippen LogP contribution in [-0.4, -0.2) is 29.1 Å². The summed E-state index contributed by atoms with van der Waals surface area (Å²) in [6.45, 7) is 4.03. The number of aryl methyl sites for hydroxylation is 2. The number of hydrogen-bond acceptors (Lipinski definition) is 4. The van der Waals surface area contributed by atoms with Gasteiger partial charge in [-0.25, -0.2) is 19.9 Å². The highest BCUT2D eigenvalue weighted by Crippen LogP contribution is 2.39. The Morgan fingerprint density at radius 1 is 0.444 bits per heavy atom. The van der Waals surface area contributed by atoms with Gasteiger partial charge in [-0.2, -0.15) is 26.3 Å². The lowest BCUT2D eigenvalue weighted by atomic mass is 9.92. The minimum absolute atomic E-state index is 0.516. The average molecular weight is 729 g/mol. The monoisotopic (exact) mass is 728 g/mol. The molecule has 0 amide bonds. The van der Waals surface area contributed by atoms with Crippen molar-refractivity contribution in [2.75, 3.05) is 0 Å². The molecular weight excluding hydrogens is 702 g/mol. The first-order valence-corrected chi connectivity index (χ1v) is 16.8. The average Bonchev–Trinajstić information content (AvgIpc) is 3.67. The van der Waals surface area contributed by atoms with Crippen molar-refractivity contribution in [3.63, 3.8) is 0 Å². The van der Waals surface area contributed by atoms with E-state index < -0.39 is 23.5 Å². The molecule has 6 nitrogen and oxygen atoms in total. The first-order chi connectivity index (χ1) is 25.9. The van der Waals surface area contributed by atoms with Crippen LogP contribution in [-0.2, 0) is 12.4 Å². The number of hydrogen-bond donors (Lipinski definition) is 0. The Bertz CT molecular complexity index is 2720. The third kappa shape index (κ3) is 5.36. The molecule has 0 aliphatic carbocycles. The van der Waals surface area contributed by atoms with Crippen molar-refractivity contribution in [3.05, 3.63) is 144 Å². The van der Waals surface area contributed by atoms with E-state index in [4.69, 9.17) is 9.97 Å². The zero-order chi connectivity index (χ0) is 37.5. The molecule has 9 rings (SSSR count). The normalized spacial score (nSPS) is 12.4. The second-order valence-electron chi connectivity index (χ2n) is 13.2. The molecule has 0 atom stereocenters. The highest BCUT2D eigenvalue weighted by molar-refractivity contribution is 6.09. The summed E-state index contributed by atoms with van der Waals surface area (Å²) in [5.41, 5.74) is 7.48. The van der Waals surface area contributed by atoms with Crippen molar-refractivity contribution >= 4 is 44.1 Å². The molecular formula is C42H26F6N6. The maximum absolute atomic E-state index is 13.3. The summed E-state index contributed by atoms with van der Waals surface area (Å²) in [4.78, 5) is 18.8. The van der Waals surface area contributed by atoms with Crippen molar-refractivity contribution in [2.24, 2.45) is 0 Å². The third-order valence-electron chi connectivity index (χ3n) is 9.83. The topological polar surface area (TPSA) is 61.4 Å². The zero-order valence-corrected chi connectivity index (χ0v) is 28.5. The number of rotatable bonds is 4. The van der Waals surface area contributed by atoms with E-state index in [2.05, 4.69) is 22.1 Å². The second kappa shape index (κ2) is 12.0. The molecule has 0 N–H and O–H groups in total. The fourth-order valence-corrected chi connectivity index (χ4v) is 7.26. The van der Waals surface area contributed by atoms with E-state index in [-0.39, 0.29) is 0 Å². The zero-order valence-electron chi connectivity index (χ0n) is 28.5. The van der Waals surface area contributed by atoms with E-state index in [9.17, 15) is 26.3 Å². The Balaban J connectivity index is 1.12. The van der Waals surface area contributed by atoms with Gasteiger partial charge in [-0.05, 0) is 121 Å². The molecule has 0 fully saturated rings. The van der Waals surface area contributed by atoms with Gasteiger partial charge < -0.3 is 0 Å². The maximum Gasteiger partial charge on any atom is 0.416 e. The molecule has 12 heteroatoms. The Labute approximate surface area is 303 Å². The van der Waals surface area contributed by atoms with E-state index in [1.807, 2.05) is 50.2 Å². The summed E-state index contributed by atoms with van der Waals surface area (Å²) in [6, 6.07) is 25.7. The Morgan fingerprint density at radius 3 is 1.19 bits per heavy atom. The van der Waals surface area contributed by atoms with E-state index in [0.29, 0.717) is 34.0 Å². The fourth-order valence-electron chi connectivity index (χ4n) is 7.26. The van der Waals surface area contributed by atoms with Crippen LogP contribution in [0.15, 0.2) is 122 Å². The van der Waals surface area contributed by atoms with Crippen LogP contribution in [0.1, 0.15) is 22.3 Å². The summed E-state index contributed by atoms with van der Waals surface area (Å²) in [7, 11) is 0. The molecule has 0 bridgehead atoms. The molecule has 6 aromatic heterocycles. The minimum Gasteiger partial charge on any atom is -0.278 e. The lowest BCUT2D eigenvalue weighted by Gasteiger charge is -2.14. The number of nitrogens with zero attached hydrogens (tertiary/aromatic N) is 6. The van der Waals surface area contributed by atoms with E-state index in [1.165, 1.54) is 24.3 Å². The molecule has 0 saturated heterocycles. The Hall–Kier alpha value is -6.56. The number of alkyl halides is 6. The smallest absolute Gasteiger partial charge is 0.278 e. The quantitative estimate of drug-likeness (QED) is 0.169. The van der Waals surface area contributed by atoms with Gasteiger partial charge in [0.15, 0.2) is 0 Å². The van der Waals surface area contributed by atoms with Gasteiger partial charge in [-0.1, -0.05) is 12.1 Å². The number of aromatic nitrogens is 6. The number of fused-ring (bicyclic) bond motifs is 6. The summed E-state index contributed by atoms with van der Waals surface area (Å²) < 4.78 is 83.4. The van der Waals surface area contributed by atoms with Crippen molar-refractivity contribution in [2.45, 2.75) is 26.2 Å². The van der Waals surface area contributed by atoms with Gasteiger partial charge in [0.05, 0.1) is 11.1 Å². The number of benzene rings is 3. The molecule has 6 heterocycles. The van der Waals surface area contributed by atoms with Crippen LogP contribution < -0.4 is 0 Å². The van der Waals surface area contributed by atoms with Gasteiger partial charge in [0.25, 0.3) is 0 Å². The van der Waals surface area contributed by atoms with Crippen LogP contribution in [0.2, 0.25) is 0 Å². The first-order valence-electron chi connectivity index (χ1n) is 16.8. The molecule has 54 heavy (non-hydrogen) atoms. The molecule has 0 aliphatic rings.